The van der Waals surface area contributed by atoms with Crippen LogP contribution >= 0.6 is 11.3 Å². The summed E-state index contributed by atoms with van der Waals surface area (Å²) < 4.78 is 5.40. The van der Waals surface area contributed by atoms with Crippen molar-refractivity contribution in [1.29, 1.82) is 0 Å². The second-order valence-corrected chi connectivity index (χ2v) is 8.41. The molecule has 2 fully saturated rings. The van der Waals surface area contributed by atoms with Crippen LogP contribution in [0, 0.1) is 12.8 Å². The smallest absolute Gasteiger partial charge is 0.264 e. The molecule has 2 unspecified atom stereocenters. The van der Waals surface area contributed by atoms with E-state index in [1.807, 2.05) is 29.3 Å². The van der Waals surface area contributed by atoms with Gasteiger partial charge in [0.2, 0.25) is 0 Å². The molecule has 1 aromatic carbocycles. The first kappa shape index (κ1) is 18.5. The first-order valence-corrected chi connectivity index (χ1v) is 10.5. The molecule has 1 aromatic heterocycles. The highest BCUT2D eigenvalue weighted by molar-refractivity contribution is 7.12. The minimum absolute atomic E-state index is 0.197. The summed E-state index contributed by atoms with van der Waals surface area (Å²) in [4.78, 5) is 15.7. The number of hydrazine groups is 1. The number of ether oxygens (including phenoxy) is 1. The number of piperidine rings is 1. The molecule has 144 valence electrons. The van der Waals surface area contributed by atoms with Gasteiger partial charge in [-0.15, -0.1) is 11.3 Å². The lowest BCUT2D eigenvalue weighted by atomic mass is 9.80. The molecular weight excluding hydrogens is 358 g/mol. The Balaban J connectivity index is 1.41. The van der Waals surface area contributed by atoms with Crippen molar-refractivity contribution in [2.24, 2.45) is 5.92 Å². The fourth-order valence-corrected chi connectivity index (χ4v) is 5.25. The molecule has 0 spiro atoms. The van der Waals surface area contributed by atoms with Gasteiger partial charge in [0.25, 0.3) is 5.91 Å². The molecule has 6 heteroatoms. The quantitative estimate of drug-likeness (QED) is 0.849. The molecule has 2 aromatic rings. The number of benzene rings is 1. The molecule has 0 bridgehead atoms. The number of nitrogens with zero attached hydrogens (tertiary/aromatic N) is 1. The van der Waals surface area contributed by atoms with Crippen LogP contribution < -0.4 is 15.6 Å². The maximum atomic E-state index is 12.8. The normalized spacial score (nSPS) is 23.6. The van der Waals surface area contributed by atoms with Gasteiger partial charge in [-0.25, -0.2) is 0 Å². The van der Waals surface area contributed by atoms with E-state index in [1.54, 1.807) is 18.4 Å². The van der Waals surface area contributed by atoms with E-state index in [2.05, 4.69) is 29.1 Å². The predicted molar refractivity (Wildman–Crippen MR) is 108 cm³/mol. The van der Waals surface area contributed by atoms with Crippen molar-refractivity contribution in [1.82, 2.24) is 15.8 Å². The maximum Gasteiger partial charge on any atom is 0.264 e. The van der Waals surface area contributed by atoms with Crippen LogP contribution in [0.5, 0.6) is 5.75 Å². The lowest BCUT2D eigenvalue weighted by Gasteiger charge is -2.36. The average Bonchev–Trinajstić information content (AvgIpc) is 3.37. The van der Waals surface area contributed by atoms with Gasteiger partial charge in [-0.3, -0.25) is 15.6 Å². The van der Waals surface area contributed by atoms with Gasteiger partial charge in [-0.2, -0.15) is 0 Å². The van der Waals surface area contributed by atoms with E-state index in [0.29, 0.717) is 17.9 Å². The van der Waals surface area contributed by atoms with Gasteiger partial charge in [0, 0.05) is 31.6 Å². The van der Waals surface area contributed by atoms with E-state index >= 15 is 0 Å². The van der Waals surface area contributed by atoms with Crippen LogP contribution in [0.4, 0.5) is 0 Å². The zero-order valence-corrected chi connectivity index (χ0v) is 16.7. The fourth-order valence-electron chi connectivity index (χ4n) is 4.36. The number of carbonyl (C=O) groups is 1. The van der Waals surface area contributed by atoms with E-state index < -0.39 is 0 Å². The Morgan fingerprint density at radius 2 is 2.07 bits per heavy atom. The minimum Gasteiger partial charge on any atom is -0.497 e. The number of nitrogens with one attached hydrogen (secondary N) is 2. The number of rotatable bonds is 4. The third-order valence-corrected chi connectivity index (χ3v) is 6.94. The van der Waals surface area contributed by atoms with Gasteiger partial charge in [-0.1, -0.05) is 12.1 Å². The first-order chi connectivity index (χ1) is 13.2. The Labute approximate surface area is 164 Å². The first-order valence-electron chi connectivity index (χ1n) is 9.63. The monoisotopic (exact) mass is 385 g/mol. The SMILES string of the molecule is COc1cccc(C2CNNC2C2CCN(C(=O)c3sccc3C)CC2)c1. The maximum absolute atomic E-state index is 12.8. The van der Waals surface area contributed by atoms with Crippen molar-refractivity contribution in [2.75, 3.05) is 26.7 Å². The molecule has 3 heterocycles. The van der Waals surface area contributed by atoms with Crippen LogP contribution in [0.2, 0.25) is 0 Å². The minimum atomic E-state index is 0.197. The number of aryl methyl sites for hydroxylation is 1. The highest BCUT2D eigenvalue weighted by Crippen LogP contribution is 2.34. The number of amides is 1. The topological polar surface area (TPSA) is 53.6 Å². The Bertz CT molecular complexity index is 798. The Morgan fingerprint density at radius 1 is 1.26 bits per heavy atom. The van der Waals surface area contributed by atoms with Crippen molar-refractivity contribution in [3.8, 4) is 5.75 Å². The summed E-state index contributed by atoms with van der Waals surface area (Å²) in [5, 5.41) is 2.00. The Kier molecular flexibility index (Phi) is 5.48. The molecule has 2 saturated heterocycles. The molecule has 4 rings (SSSR count). The van der Waals surface area contributed by atoms with Gasteiger partial charge in [-0.05, 0) is 60.4 Å². The average molecular weight is 386 g/mol. The number of thiophene rings is 1. The number of methoxy groups -OCH3 is 1. The van der Waals surface area contributed by atoms with Crippen molar-refractivity contribution in [3.05, 3.63) is 51.7 Å². The molecule has 27 heavy (non-hydrogen) atoms. The number of carbonyl (C=O) groups excluding carboxylic acids is 1. The highest BCUT2D eigenvalue weighted by atomic mass is 32.1. The molecule has 2 atom stereocenters. The van der Waals surface area contributed by atoms with Crippen LogP contribution in [-0.2, 0) is 0 Å². The van der Waals surface area contributed by atoms with Crippen LogP contribution in [-0.4, -0.2) is 43.6 Å². The summed E-state index contributed by atoms with van der Waals surface area (Å²) in [6.45, 7) is 4.61. The summed E-state index contributed by atoms with van der Waals surface area (Å²) in [7, 11) is 1.71. The summed E-state index contributed by atoms with van der Waals surface area (Å²) >= 11 is 1.55. The fraction of sp³-hybridized carbons (Fsp3) is 0.476. The standard InChI is InChI=1S/C21H27N3O2S/c1-14-8-11-27-20(14)21(25)24-9-6-15(7-10-24)19-18(13-22-23-19)16-4-3-5-17(12-16)26-2/h3-5,8,11-12,15,18-19,22-23H,6-7,9-10,13H2,1-2H3. The van der Waals surface area contributed by atoms with Gasteiger partial charge < -0.3 is 9.64 Å². The molecule has 2 aliphatic rings. The third kappa shape index (κ3) is 3.74. The van der Waals surface area contributed by atoms with Crippen LogP contribution in [0.3, 0.4) is 0 Å². The number of likely N-dealkylation sites (tertiary alicyclic amines) is 1. The molecular formula is C21H27N3O2S. The van der Waals surface area contributed by atoms with E-state index in [9.17, 15) is 4.79 Å². The van der Waals surface area contributed by atoms with E-state index in [1.165, 1.54) is 5.56 Å². The summed E-state index contributed by atoms with van der Waals surface area (Å²) in [5.41, 5.74) is 9.25. The van der Waals surface area contributed by atoms with Gasteiger partial charge >= 0.3 is 0 Å². The van der Waals surface area contributed by atoms with Crippen molar-refractivity contribution in [2.45, 2.75) is 31.7 Å². The Morgan fingerprint density at radius 3 is 2.78 bits per heavy atom. The molecule has 0 aliphatic carbocycles. The third-order valence-electron chi connectivity index (χ3n) is 5.94. The van der Waals surface area contributed by atoms with Crippen LogP contribution in [0.15, 0.2) is 35.7 Å². The van der Waals surface area contributed by atoms with Crippen molar-refractivity contribution >= 4 is 17.2 Å². The lowest BCUT2D eigenvalue weighted by Crippen LogP contribution is -2.45. The lowest BCUT2D eigenvalue weighted by molar-refractivity contribution is 0.0674. The summed E-state index contributed by atoms with van der Waals surface area (Å²) in [6, 6.07) is 10.8. The van der Waals surface area contributed by atoms with Crippen LogP contribution in [0.25, 0.3) is 0 Å². The largest absolute Gasteiger partial charge is 0.497 e. The molecule has 0 radical (unpaired) electrons. The van der Waals surface area contributed by atoms with Crippen LogP contribution in [0.1, 0.15) is 39.6 Å². The van der Waals surface area contributed by atoms with E-state index in [4.69, 9.17) is 4.74 Å². The summed E-state index contributed by atoms with van der Waals surface area (Å²) in [5.74, 6) is 2.09. The van der Waals surface area contributed by atoms with Gasteiger partial charge in [0.15, 0.2) is 0 Å². The predicted octanol–water partition coefficient (Wildman–Crippen LogP) is 3.18. The molecule has 1 amide bonds. The van der Waals surface area contributed by atoms with E-state index in [0.717, 1.165) is 48.7 Å². The molecule has 2 aliphatic heterocycles. The molecule has 2 N–H and O–H groups in total. The summed E-state index contributed by atoms with van der Waals surface area (Å²) in [6.07, 6.45) is 2.08. The van der Waals surface area contributed by atoms with Gasteiger partial charge in [0.1, 0.15) is 5.75 Å². The zero-order valence-electron chi connectivity index (χ0n) is 15.9. The molecule has 5 nitrogen and oxygen atoms in total. The number of hydrogen-bond acceptors (Lipinski definition) is 5. The molecule has 0 saturated carbocycles. The second-order valence-electron chi connectivity index (χ2n) is 7.50. The van der Waals surface area contributed by atoms with Crippen molar-refractivity contribution in [3.63, 3.8) is 0 Å². The van der Waals surface area contributed by atoms with Crippen molar-refractivity contribution < 1.29 is 9.53 Å². The zero-order chi connectivity index (χ0) is 18.8. The highest BCUT2D eigenvalue weighted by Gasteiger charge is 2.37. The Hall–Kier alpha value is -1.89. The second kappa shape index (κ2) is 8.00. The van der Waals surface area contributed by atoms with Gasteiger partial charge in [0.05, 0.1) is 12.0 Å². The van der Waals surface area contributed by atoms with E-state index in [-0.39, 0.29) is 5.91 Å². The number of hydrogen-bond donors (Lipinski definition) is 2.